The molecule has 2 fully saturated rings. The number of nitrogens with one attached hydrogen (secondary N) is 1. The van der Waals surface area contributed by atoms with Crippen molar-refractivity contribution in [1.29, 1.82) is 0 Å². The van der Waals surface area contributed by atoms with E-state index >= 15 is 0 Å². The van der Waals surface area contributed by atoms with Gasteiger partial charge in [-0.25, -0.2) is 0 Å². The topological polar surface area (TPSA) is 81.6 Å². The predicted molar refractivity (Wildman–Crippen MR) is 92.5 cm³/mol. The molecule has 1 saturated heterocycles. The van der Waals surface area contributed by atoms with Crippen LogP contribution in [0.1, 0.15) is 38.2 Å². The van der Waals surface area contributed by atoms with Crippen molar-refractivity contribution in [2.75, 3.05) is 12.4 Å². The molecule has 3 unspecified atom stereocenters. The summed E-state index contributed by atoms with van der Waals surface area (Å²) >= 11 is 1.05. The van der Waals surface area contributed by atoms with E-state index in [1.165, 1.54) is 0 Å². The Balaban J connectivity index is 1.54. The van der Waals surface area contributed by atoms with Crippen molar-refractivity contribution in [2.24, 2.45) is 5.41 Å². The van der Waals surface area contributed by atoms with E-state index < -0.39 is 4.16 Å². The molecule has 0 bridgehead atoms. The van der Waals surface area contributed by atoms with Gasteiger partial charge in [0, 0.05) is 11.0 Å². The summed E-state index contributed by atoms with van der Waals surface area (Å²) in [6.45, 7) is 2.93. The number of benzene rings is 1. The van der Waals surface area contributed by atoms with Crippen LogP contribution in [-0.2, 0) is 11.3 Å². The number of aliphatic hydroxyl groups excluding tert-OH is 1. The van der Waals surface area contributed by atoms with Crippen molar-refractivity contribution in [2.45, 2.75) is 45.3 Å². The van der Waals surface area contributed by atoms with Crippen LogP contribution >= 0.6 is 11.9 Å². The molecular formula is C17H24N2O4S. The molecular weight excluding hydrogens is 328 g/mol. The van der Waals surface area contributed by atoms with Crippen LogP contribution in [0.3, 0.4) is 0 Å². The number of aliphatic hydroxyl groups is 1. The lowest BCUT2D eigenvalue weighted by Gasteiger charge is -2.35. The third-order valence-corrected chi connectivity index (χ3v) is 5.68. The van der Waals surface area contributed by atoms with Crippen molar-refractivity contribution < 1.29 is 18.8 Å². The van der Waals surface area contributed by atoms with E-state index in [9.17, 15) is 15.1 Å². The zero-order chi connectivity index (χ0) is 17.2. The van der Waals surface area contributed by atoms with Crippen molar-refractivity contribution in [3.8, 4) is 5.75 Å². The first-order chi connectivity index (χ1) is 11.4. The summed E-state index contributed by atoms with van der Waals surface area (Å²) in [4.78, 5) is 11.2. The molecule has 1 aliphatic carbocycles. The van der Waals surface area contributed by atoms with Crippen molar-refractivity contribution in [1.82, 2.24) is 5.43 Å². The number of nitrogens with zero attached hydrogens (tertiary/aromatic N) is 1. The second-order valence-electron chi connectivity index (χ2n) is 7.13. The molecule has 1 aliphatic heterocycles. The lowest BCUT2D eigenvalue weighted by molar-refractivity contribution is -0.791. The summed E-state index contributed by atoms with van der Waals surface area (Å²) in [5, 5.41) is 22.1. The summed E-state index contributed by atoms with van der Waals surface area (Å²) in [5.74, 6) is 0.739. The molecule has 6 nitrogen and oxygen atoms in total. The Hall–Kier alpha value is -1.28. The Kier molecular flexibility index (Phi) is 5.05. The zero-order valence-electron chi connectivity index (χ0n) is 13.9. The Morgan fingerprint density at radius 2 is 2.21 bits per heavy atom. The minimum absolute atomic E-state index is 0.0110. The van der Waals surface area contributed by atoms with E-state index in [1.807, 2.05) is 24.3 Å². The second-order valence-corrected chi connectivity index (χ2v) is 8.27. The second kappa shape index (κ2) is 6.92. The molecule has 2 N–H and O–H groups in total. The molecule has 132 valence electrons. The Labute approximate surface area is 146 Å². The van der Waals surface area contributed by atoms with E-state index in [2.05, 4.69) is 12.3 Å². The van der Waals surface area contributed by atoms with Crippen LogP contribution in [0, 0.1) is 10.6 Å². The van der Waals surface area contributed by atoms with Crippen LogP contribution in [-0.4, -0.2) is 33.6 Å². The van der Waals surface area contributed by atoms with Crippen molar-refractivity contribution in [3.05, 3.63) is 35.0 Å². The van der Waals surface area contributed by atoms with Gasteiger partial charge in [0.1, 0.15) is 30.0 Å². The number of hydrogen-bond acceptors (Lipinski definition) is 5. The van der Waals surface area contributed by atoms with Crippen LogP contribution in [0.2, 0.25) is 0 Å². The van der Waals surface area contributed by atoms with Gasteiger partial charge < -0.3 is 15.1 Å². The predicted octanol–water partition coefficient (Wildman–Crippen LogP) is 2.51. The highest BCUT2D eigenvalue weighted by molar-refractivity contribution is 7.94. The summed E-state index contributed by atoms with van der Waals surface area (Å²) in [6, 6.07) is 7.42. The van der Waals surface area contributed by atoms with Crippen LogP contribution in [0.25, 0.3) is 0 Å². The number of carbonyl (C=O) groups is 1. The van der Waals surface area contributed by atoms with E-state index in [0.717, 1.165) is 48.9 Å². The zero-order valence-corrected chi connectivity index (χ0v) is 14.7. The largest absolute Gasteiger partial charge is 0.594 e. The van der Waals surface area contributed by atoms with Gasteiger partial charge in [-0.05, 0) is 43.5 Å². The van der Waals surface area contributed by atoms with E-state index in [4.69, 9.17) is 4.74 Å². The number of rotatable bonds is 5. The maximum absolute atomic E-state index is 12.3. The number of ether oxygens (including phenoxy) is 1. The van der Waals surface area contributed by atoms with Gasteiger partial charge in [0.2, 0.25) is 0 Å². The maximum atomic E-state index is 12.3. The molecule has 2 aliphatic rings. The molecule has 3 atom stereocenters. The number of quaternary nitrogens is 1. The van der Waals surface area contributed by atoms with E-state index in [-0.39, 0.29) is 29.7 Å². The summed E-state index contributed by atoms with van der Waals surface area (Å²) in [7, 11) is 0. The van der Waals surface area contributed by atoms with Gasteiger partial charge in [0.25, 0.3) is 5.91 Å². The van der Waals surface area contributed by atoms with Crippen LogP contribution in [0.5, 0.6) is 5.75 Å². The van der Waals surface area contributed by atoms with Crippen LogP contribution in [0.15, 0.2) is 24.3 Å². The summed E-state index contributed by atoms with van der Waals surface area (Å²) in [5.41, 5.74) is 3.29. The lowest BCUT2D eigenvalue weighted by atomic mass is 9.75. The molecule has 0 spiro atoms. The molecule has 1 amide bonds. The number of hydrogen-bond donors (Lipinski definition) is 2. The summed E-state index contributed by atoms with van der Waals surface area (Å²) in [6.07, 6.45) is 3.54. The fourth-order valence-electron chi connectivity index (χ4n) is 3.36. The minimum Gasteiger partial charge on any atom is -0.594 e. The van der Waals surface area contributed by atoms with Gasteiger partial charge in [-0.2, -0.15) is 9.59 Å². The normalized spacial score (nSPS) is 33.3. The average Bonchev–Trinajstić information content (AvgIpc) is 2.85. The molecule has 1 aromatic carbocycles. The highest BCUT2D eigenvalue weighted by Gasteiger charge is 2.33. The number of carbonyl (C=O) groups excluding carboxylic acids is 1. The molecule has 1 saturated carbocycles. The molecule has 1 aromatic rings. The summed E-state index contributed by atoms with van der Waals surface area (Å²) < 4.78 is 5.13. The molecule has 1 heterocycles. The first-order valence-electron chi connectivity index (χ1n) is 8.30. The lowest BCUT2D eigenvalue weighted by Crippen LogP contribution is -2.43. The van der Waals surface area contributed by atoms with Crippen LogP contribution < -0.4 is 10.2 Å². The molecule has 0 aromatic heterocycles. The fraction of sp³-hybridized carbons (Fsp3) is 0.588. The molecule has 3 rings (SSSR count). The maximum Gasteiger partial charge on any atom is 0.281 e. The number of hydroxylamine groups is 1. The SMILES string of the molecule is CC1(COc2ccc(C[N+]3([O-])NC(=O)CS3)cc2)CCCC(O)C1. The Morgan fingerprint density at radius 3 is 2.83 bits per heavy atom. The third kappa shape index (κ3) is 4.42. The first-order valence-corrected chi connectivity index (χ1v) is 9.25. The monoisotopic (exact) mass is 352 g/mol. The molecule has 7 heteroatoms. The third-order valence-electron chi connectivity index (χ3n) is 4.65. The van der Waals surface area contributed by atoms with Gasteiger partial charge in [0.05, 0.1) is 12.7 Å². The van der Waals surface area contributed by atoms with Gasteiger partial charge in [-0.3, -0.25) is 4.79 Å². The van der Waals surface area contributed by atoms with Gasteiger partial charge in [-0.15, -0.1) is 0 Å². The smallest absolute Gasteiger partial charge is 0.281 e. The standard InChI is InChI=1S/C17H24N2O4S/c1-17(8-2-3-14(20)9-17)12-23-15-6-4-13(5-7-15)10-19(22)18-16(21)11-24-19/h4-7,14,20H,2-3,8-12H2,1H3,(H,18,21). The molecule has 0 radical (unpaired) electrons. The average molecular weight is 352 g/mol. The van der Waals surface area contributed by atoms with Crippen LogP contribution in [0.4, 0.5) is 0 Å². The van der Waals surface area contributed by atoms with Gasteiger partial charge in [0.15, 0.2) is 0 Å². The highest BCUT2D eigenvalue weighted by atomic mass is 32.2. The number of amides is 1. The highest BCUT2D eigenvalue weighted by Crippen LogP contribution is 2.36. The van der Waals surface area contributed by atoms with Gasteiger partial charge in [-0.1, -0.05) is 13.3 Å². The van der Waals surface area contributed by atoms with Crippen molar-refractivity contribution >= 4 is 17.9 Å². The minimum atomic E-state index is -0.769. The van der Waals surface area contributed by atoms with Gasteiger partial charge >= 0.3 is 0 Å². The quantitative estimate of drug-likeness (QED) is 0.483. The first kappa shape index (κ1) is 17.5. The molecule has 24 heavy (non-hydrogen) atoms. The fourth-order valence-corrected chi connectivity index (χ4v) is 4.16. The van der Waals surface area contributed by atoms with E-state index in [0.29, 0.717) is 6.61 Å². The Bertz CT molecular complexity index is 597. The van der Waals surface area contributed by atoms with Crippen molar-refractivity contribution in [3.63, 3.8) is 0 Å². The Morgan fingerprint density at radius 1 is 1.46 bits per heavy atom. The van der Waals surface area contributed by atoms with E-state index in [1.54, 1.807) is 0 Å².